The topological polar surface area (TPSA) is 46.2 Å². The van der Waals surface area contributed by atoms with E-state index in [1.807, 2.05) is 13.0 Å². The molecule has 1 rings (SSSR count). The second kappa shape index (κ2) is 3.24. The highest BCUT2D eigenvalue weighted by molar-refractivity contribution is 9.10. The van der Waals surface area contributed by atoms with Crippen LogP contribution in [0.4, 0.5) is 0 Å². The fourth-order valence-electron chi connectivity index (χ4n) is 0.885. The summed E-state index contributed by atoms with van der Waals surface area (Å²) in [4.78, 5) is 0. The quantitative estimate of drug-likeness (QED) is 0.755. The molecule has 0 radical (unpaired) electrons. The molecule has 0 aliphatic rings. The second-order valence-corrected chi connectivity index (χ2v) is 3.35. The third-order valence-corrected chi connectivity index (χ3v) is 2.16. The minimum Gasteiger partial charge on any atom is -0.508 e. The molecule has 0 fully saturated rings. The lowest BCUT2D eigenvalue weighted by atomic mass is 10.1. The van der Waals surface area contributed by atoms with E-state index in [9.17, 15) is 0 Å². The van der Waals surface area contributed by atoms with Gasteiger partial charge >= 0.3 is 0 Å². The summed E-state index contributed by atoms with van der Waals surface area (Å²) in [7, 11) is 0. The van der Waals surface area contributed by atoms with E-state index in [1.54, 1.807) is 12.1 Å². The zero-order chi connectivity index (χ0) is 8.43. The van der Waals surface area contributed by atoms with Gasteiger partial charge in [0.15, 0.2) is 0 Å². The van der Waals surface area contributed by atoms with Gasteiger partial charge in [-0.1, -0.05) is 22.0 Å². The first kappa shape index (κ1) is 8.56. The molecule has 3 heteroatoms. The monoisotopic (exact) mass is 215 g/mol. The molecule has 0 saturated heterocycles. The fraction of sp³-hybridized carbons (Fsp3) is 0.250. The maximum Gasteiger partial charge on any atom is 0.116 e. The van der Waals surface area contributed by atoms with Gasteiger partial charge in [-0.05, 0) is 24.6 Å². The van der Waals surface area contributed by atoms with Crippen molar-refractivity contribution < 1.29 is 5.11 Å². The van der Waals surface area contributed by atoms with Crippen molar-refractivity contribution in [3.05, 3.63) is 28.2 Å². The molecule has 0 aliphatic heterocycles. The van der Waals surface area contributed by atoms with Crippen LogP contribution < -0.4 is 5.73 Å². The van der Waals surface area contributed by atoms with Gasteiger partial charge in [0, 0.05) is 10.5 Å². The Balaban J connectivity index is 3.09. The van der Waals surface area contributed by atoms with Crippen LogP contribution in [-0.2, 0) is 0 Å². The average molecular weight is 216 g/mol. The predicted octanol–water partition coefficient (Wildman–Crippen LogP) is 2.17. The minimum atomic E-state index is -0.00928. The Kier molecular flexibility index (Phi) is 2.52. The fourth-order valence-corrected chi connectivity index (χ4v) is 1.61. The normalized spacial score (nSPS) is 13.0. The molecule has 1 atom stereocenters. The van der Waals surface area contributed by atoms with Crippen LogP contribution in [0.15, 0.2) is 22.7 Å². The number of aromatic hydroxyl groups is 1. The number of hydrogen-bond donors (Lipinski definition) is 2. The van der Waals surface area contributed by atoms with Gasteiger partial charge in [0.2, 0.25) is 0 Å². The van der Waals surface area contributed by atoms with Crippen LogP contribution in [0, 0.1) is 0 Å². The van der Waals surface area contributed by atoms with Crippen molar-refractivity contribution in [2.45, 2.75) is 13.0 Å². The first-order valence-electron chi connectivity index (χ1n) is 3.35. The standard InChI is InChI=1S/C8H10BrNO/c1-5(10)7-3-2-6(11)4-8(7)9/h2-5,11H,10H2,1H3/t5-/m1/s1. The van der Waals surface area contributed by atoms with Crippen LogP contribution in [0.1, 0.15) is 18.5 Å². The molecule has 3 N–H and O–H groups in total. The van der Waals surface area contributed by atoms with Crippen LogP contribution >= 0.6 is 15.9 Å². The summed E-state index contributed by atoms with van der Waals surface area (Å²) in [6, 6.07) is 5.07. The minimum absolute atomic E-state index is 0.00928. The van der Waals surface area contributed by atoms with Crippen LogP contribution in [0.25, 0.3) is 0 Å². The zero-order valence-electron chi connectivity index (χ0n) is 6.21. The van der Waals surface area contributed by atoms with Crippen molar-refractivity contribution in [3.8, 4) is 5.75 Å². The van der Waals surface area contributed by atoms with E-state index in [4.69, 9.17) is 10.8 Å². The van der Waals surface area contributed by atoms with Gasteiger partial charge in [0.05, 0.1) is 0 Å². The Morgan fingerprint density at radius 1 is 1.55 bits per heavy atom. The zero-order valence-corrected chi connectivity index (χ0v) is 7.80. The number of hydrogen-bond acceptors (Lipinski definition) is 2. The van der Waals surface area contributed by atoms with Gasteiger partial charge in [0.25, 0.3) is 0 Å². The molecule has 0 heterocycles. The summed E-state index contributed by atoms with van der Waals surface area (Å²) in [5.41, 5.74) is 6.66. The molecule has 0 aliphatic carbocycles. The number of phenols is 1. The van der Waals surface area contributed by atoms with Crippen molar-refractivity contribution in [1.29, 1.82) is 0 Å². The molecule has 1 aromatic carbocycles. The van der Waals surface area contributed by atoms with Crippen LogP contribution in [-0.4, -0.2) is 5.11 Å². The first-order chi connectivity index (χ1) is 5.11. The molecule has 60 valence electrons. The van der Waals surface area contributed by atoms with Gasteiger partial charge in [0.1, 0.15) is 5.75 Å². The largest absolute Gasteiger partial charge is 0.508 e. The van der Waals surface area contributed by atoms with E-state index in [0.717, 1.165) is 10.0 Å². The van der Waals surface area contributed by atoms with E-state index in [2.05, 4.69) is 15.9 Å². The third-order valence-electron chi connectivity index (χ3n) is 1.47. The summed E-state index contributed by atoms with van der Waals surface area (Å²) in [5, 5.41) is 9.05. The predicted molar refractivity (Wildman–Crippen MR) is 48.4 cm³/mol. The summed E-state index contributed by atoms with van der Waals surface area (Å²) in [6.45, 7) is 1.90. The molecule has 1 aromatic rings. The molecule has 11 heavy (non-hydrogen) atoms. The number of benzene rings is 1. The highest BCUT2D eigenvalue weighted by Crippen LogP contribution is 2.25. The molecule has 0 spiro atoms. The molecular weight excluding hydrogens is 206 g/mol. The summed E-state index contributed by atoms with van der Waals surface area (Å²) in [6.07, 6.45) is 0. The molecule has 0 bridgehead atoms. The maximum absolute atomic E-state index is 9.05. The van der Waals surface area contributed by atoms with Gasteiger partial charge in [-0.15, -0.1) is 0 Å². The van der Waals surface area contributed by atoms with Crippen LogP contribution in [0.2, 0.25) is 0 Å². The third kappa shape index (κ3) is 1.94. The number of halogens is 1. The van der Waals surface area contributed by atoms with Crippen molar-refractivity contribution in [3.63, 3.8) is 0 Å². The van der Waals surface area contributed by atoms with Gasteiger partial charge in [-0.3, -0.25) is 0 Å². The highest BCUT2D eigenvalue weighted by atomic mass is 79.9. The van der Waals surface area contributed by atoms with Crippen LogP contribution in [0.5, 0.6) is 5.75 Å². The average Bonchev–Trinajstić information content (AvgIpc) is 1.85. The number of nitrogens with two attached hydrogens (primary N) is 1. The summed E-state index contributed by atoms with van der Waals surface area (Å²) < 4.78 is 0.854. The molecule has 0 unspecified atom stereocenters. The lowest BCUT2D eigenvalue weighted by Crippen LogP contribution is -2.05. The Labute approximate surface area is 74.2 Å². The Hall–Kier alpha value is -0.540. The van der Waals surface area contributed by atoms with Crippen molar-refractivity contribution in [1.82, 2.24) is 0 Å². The van der Waals surface area contributed by atoms with Crippen LogP contribution in [0.3, 0.4) is 0 Å². The highest BCUT2D eigenvalue weighted by Gasteiger charge is 2.04. The van der Waals surface area contributed by atoms with Gasteiger partial charge in [-0.25, -0.2) is 0 Å². The first-order valence-corrected chi connectivity index (χ1v) is 4.14. The molecule has 0 saturated carbocycles. The molecule has 0 amide bonds. The lowest BCUT2D eigenvalue weighted by Gasteiger charge is -2.07. The molecule has 0 aromatic heterocycles. The number of rotatable bonds is 1. The van der Waals surface area contributed by atoms with Crippen molar-refractivity contribution in [2.24, 2.45) is 5.73 Å². The Morgan fingerprint density at radius 2 is 2.18 bits per heavy atom. The van der Waals surface area contributed by atoms with Gasteiger partial charge < -0.3 is 10.8 Å². The van der Waals surface area contributed by atoms with E-state index < -0.39 is 0 Å². The smallest absolute Gasteiger partial charge is 0.116 e. The van der Waals surface area contributed by atoms with E-state index in [-0.39, 0.29) is 11.8 Å². The van der Waals surface area contributed by atoms with E-state index in [0.29, 0.717) is 0 Å². The maximum atomic E-state index is 9.05. The molecular formula is C8H10BrNO. The Bertz CT molecular complexity index is 260. The second-order valence-electron chi connectivity index (χ2n) is 2.49. The van der Waals surface area contributed by atoms with Gasteiger partial charge in [-0.2, -0.15) is 0 Å². The summed E-state index contributed by atoms with van der Waals surface area (Å²) >= 11 is 3.31. The van der Waals surface area contributed by atoms with Crippen molar-refractivity contribution in [2.75, 3.05) is 0 Å². The lowest BCUT2D eigenvalue weighted by molar-refractivity contribution is 0.474. The number of phenolic OH excluding ortho intramolecular Hbond substituents is 1. The van der Waals surface area contributed by atoms with E-state index >= 15 is 0 Å². The van der Waals surface area contributed by atoms with E-state index in [1.165, 1.54) is 0 Å². The Morgan fingerprint density at radius 3 is 2.64 bits per heavy atom. The summed E-state index contributed by atoms with van der Waals surface area (Å²) in [5.74, 6) is 0.251. The van der Waals surface area contributed by atoms with Crippen molar-refractivity contribution >= 4 is 15.9 Å². The molecule has 2 nitrogen and oxygen atoms in total. The SMILES string of the molecule is C[C@@H](N)c1ccc(O)cc1Br.